The Kier molecular flexibility index (Phi) is 7.83. The van der Waals surface area contributed by atoms with Gasteiger partial charge >= 0.3 is 0 Å². The Bertz CT molecular complexity index is 976. The van der Waals surface area contributed by atoms with Crippen LogP contribution < -0.4 is 19.7 Å². The van der Waals surface area contributed by atoms with Crippen molar-refractivity contribution >= 4 is 40.5 Å². The number of amides is 2. The van der Waals surface area contributed by atoms with E-state index < -0.39 is 6.04 Å². The predicted octanol–water partition coefficient (Wildman–Crippen LogP) is 4.00. The van der Waals surface area contributed by atoms with Crippen molar-refractivity contribution in [3.05, 3.63) is 61.2 Å². The molecule has 1 saturated heterocycles. The molecule has 1 unspecified atom stereocenters. The zero-order chi connectivity index (χ0) is 23.1. The summed E-state index contributed by atoms with van der Waals surface area (Å²) < 4.78 is 10.9. The molecule has 0 aliphatic carbocycles. The molecule has 0 bridgehead atoms. The Balaban J connectivity index is 1.73. The monoisotopic (exact) mass is 453 g/mol. The zero-order valence-electron chi connectivity index (χ0n) is 18.2. The van der Waals surface area contributed by atoms with Gasteiger partial charge in [0.05, 0.1) is 25.3 Å². The highest BCUT2D eigenvalue weighted by Crippen LogP contribution is 2.29. The number of benzene rings is 2. The second-order valence-electron chi connectivity index (χ2n) is 7.05. The van der Waals surface area contributed by atoms with Gasteiger partial charge in [0.2, 0.25) is 5.91 Å². The Hall–Kier alpha value is -3.39. The Labute approximate surface area is 193 Å². The van der Waals surface area contributed by atoms with Crippen molar-refractivity contribution in [1.82, 2.24) is 4.90 Å². The van der Waals surface area contributed by atoms with E-state index in [0.29, 0.717) is 42.0 Å². The third kappa shape index (κ3) is 5.26. The molecule has 8 heteroatoms. The first-order valence-corrected chi connectivity index (χ1v) is 10.9. The van der Waals surface area contributed by atoms with E-state index in [1.807, 2.05) is 13.8 Å². The highest BCUT2D eigenvalue weighted by atomic mass is 32.1. The summed E-state index contributed by atoms with van der Waals surface area (Å²) in [6.45, 7) is 9.05. The fraction of sp³-hybridized carbons (Fsp3) is 0.292. The second-order valence-corrected chi connectivity index (χ2v) is 7.41. The summed E-state index contributed by atoms with van der Waals surface area (Å²) in [5, 5.41) is 3.18. The van der Waals surface area contributed by atoms with Crippen molar-refractivity contribution in [2.24, 2.45) is 0 Å². The van der Waals surface area contributed by atoms with Crippen molar-refractivity contribution in [3.63, 3.8) is 0 Å². The molecule has 0 aromatic heterocycles. The van der Waals surface area contributed by atoms with Gasteiger partial charge in [-0.25, -0.2) is 0 Å². The van der Waals surface area contributed by atoms with Gasteiger partial charge in [-0.05, 0) is 74.6 Å². The smallest absolute Gasteiger partial charge is 0.256 e. The van der Waals surface area contributed by atoms with Crippen LogP contribution in [0.2, 0.25) is 0 Å². The predicted molar refractivity (Wildman–Crippen MR) is 129 cm³/mol. The zero-order valence-corrected chi connectivity index (χ0v) is 19.1. The quantitative estimate of drug-likeness (QED) is 0.433. The average molecular weight is 454 g/mol. The number of hydrogen-bond donors (Lipinski definition) is 1. The number of carbonyl (C=O) groups excluding carboxylic acids is 2. The molecular weight excluding hydrogens is 426 g/mol. The fourth-order valence-corrected chi connectivity index (χ4v) is 3.86. The lowest BCUT2D eigenvalue weighted by molar-refractivity contribution is -0.124. The fourth-order valence-electron chi connectivity index (χ4n) is 3.46. The summed E-state index contributed by atoms with van der Waals surface area (Å²) in [5.41, 5.74) is 1.26. The molecule has 1 fully saturated rings. The number of anilines is 2. The van der Waals surface area contributed by atoms with E-state index in [0.717, 1.165) is 5.75 Å². The van der Waals surface area contributed by atoms with Crippen LogP contribution in [0, 0.1) is 0 Å². The minimum Gasteiger partial charge on any atom is -0.494 e. The molecule has 1 atom stereocenters. The largest absolute Gasteiger partial charge is 0.494 e. The Morgan fingerprint density at radius 2 is 1.62 bits per heavy atom. The molecule has 0 saturated carbocycles. The highest BCUT2D eigenvalue weighted by Gasteiger charge is 2.43. The van der Waals surface area contributed by atoms with E-state index in [9.17, 15) is 9.59 Å². The van der Waals surface area contributed by atoms with Gasteiger partial charge in [-0.15, -0.1) is 6.58 Å². The van der Waals surface area contributed by atoms with E-state index >= 15 is 0 Å². The van der Waals surface area contributed by atoms with Crippen LogP contribution in [0.15, 0.2) is 61.2 Å². The molecule has 1 heterocycles. The lowest BCUT2D eigenvalue weighted by Crippen LogP contribution is -2.37. The number of hydrogen-bond acceptors (Lipinski definition) is 5. The summed E-state index contributed by atoms with van der Waals surface area (Å²) in [6.07, 6.45) is 1.63. The van der Waals surface area contributed by atoms with Crippen LogP contribution in [-0.4, -0.2) is 47.6 Å². The second kappa shape index (κ2) is 10.8. The molecule has 7 nitrogen and oxygen atoms in total. The molecule has 32 heavy (non-hydrogen) atoms. The van der Waals surface area contributed by atoms with Gasteiger partial charge in [-0.2, -0.15) is 0 Å². The lowest BCUT2D eigenvalue weighted by Gasteiger charge is -2.22. The number of thiocarbonyl (C=S) groups is 1. The first-order valence-electron chi connectivity index (χ1n) is 10.5. The van der Waals surface area contributed by atoms with Crippen LogP contribution in [0.4, 0.5) is 11.4 Å². The summed E-state index contributed by atoms with van der Waals surface area (Å²) >= 11 is 5.58. The number of ether oxygens (including phenoxy) is 2. The minimum atomic E-state index is -0.713. The third-order valence-corrected chi connectivity index (χ3v) is 5.30. The first-order chi connectivity index (χ1) is 15.5. The number of nitrogens with zero attached hydrogens (tertiary/aromatic N) is 2. The lowest BCUT2D eigenvalue weighted by atomic mass is 10.1. The van der Waals surface area contributed by atoms with Gasteiger partial charge in [0.1, 0.15) is 17.5 Å². The first kappa shape index (κ1) is 23.3. The maximum atomic E-state index is 13.3. The molecule has 2 amide bonds. The van der Waals surface area contributed by atoms with E-state index in [2.05, 4.69) is 11.9 Å². The SMILES string of the molecule is C=CCN1C(=S)N(c2ccc(OCC)cc2)C(=O)C1CC(=O)Nc1ccc(OCC)cc1. The van der Waals surface area contributed by atoms with Crippen molar-refractivity contribution < 1.29 is 19.1 Å². The standard InChI is InChI=1S/C24H27N3O4S/c1-4-15-26-21(16-22(28)25-17-7-11-19(12-8-17)30-5-2)23(29)27(24(26)32)18-9-13-20(14-10-18)31-6-3/h4,7-14,21H,1,5-6,15-16H2,2-3H3,(H,25,28). The van der Waals surface area contributed by atoms with Crippen LogP contribution in [0.1, 0.15) is 20.3 Å². The number of nitrogens with one attached hydrogen (secondary N) is 1. The van der Waals surface area contributed by atoms with Crippen molar-refractivity contribution in [2.45, 2.75) is 26.3 Å². The summed E-state index contributed by atoms with van der Waals surface area (Å²) in [7, 11) is 0. The Morgan fingerprint density at radius 3 is 2.16 bits per heavy atom. The maximum absolute atomic E-state index is 13.3. The van der Waals surface area contributed by atoms with Crippen LogP contribution in [0.3, 0.4) is 0 Å². The molecule has 2 aromatic rings. The molecule has 0 spiro atoms. The summed E-state index contributed by atoms with van der Waals surface area (Å²) in [6, 6.07) is 13.5. The molecule has 168 valence electrons. The molecule has 3 rings (SSSR count). The van der Waals surface area contributed by atoms with Crippen LogP contribution in [-0.2, 0) is 9.59 Å². The van der Waals surface area contributed by atoms with Crippen molar-refractivity contribution in [1.29, 1.82) is 0 Å². The number of carbonyl (C=O) groups is 2. The van der Waals surface area contributed by atoms with Gasteiger partial charge in [0.15, 0.2) is 5.11 Å². The van der Waals surface area contributed by atoms with E-state index in [-0.39, 0.29) is 18.2 Å². The Morgan fingerprint density at radius 1 is 1.06 bits per heavy atom. The van der Waals surface area contributed by atoms with Crippen LogP contribution in [0.5, 0.6) is 11.5 Å². The molecule has 0 radical (unpaired) electrons. The molecular formula is C24H27N3O4S. The van der Waals surface area contributed by atoms with Gasteiger partial charge in [0, 0.05) is 12.2 Å². The van der Waals surface area contributed by atoms with Crippen molar-refractivity contribution in [3.8, 4) is 11.5 Å². The van der Waals surface area contributed by atoms with Gasteiger partial charge in [-0.1, -0.05) is 6.08 Å². The molecule has 1 N–H and O–H groups in total. The topological polar surface area (TPSA) is 71.1 Å². The molecule has 1 aliphatic rings. The van der Waals surface area contributed by atoms with Gasteiger partial charge in [0.25, 0.3) is 5.91 Å². The normalized spacial score (nSPS) is 15.6. The summed E-state index contributed by atoms with van der Waals surface area (Å²) in [4.78, 5) is 29.1. The summed E-state index contributed by atoms with van der Waals surface area (Å²) in [5.74, 6) is 0.911. The minimum absolute atomic E-state index is 0.0342. The van der Waals surface area contributed by atoms with Crippen LogP contribution >= 0.6 is 12.2 Å². The molecule has 2 aromatic carbocycles. The van der Waals surface area contributed by atoms with Gasteiger partial charge in [-0.3, -0.25) is 14.5 Å². The average Bonchev–Trinajstić information content (AvgIpc) is 3.00. The molecule has 1 aliphatic heterocycles. The van der Waals surface area contributed by atoms with Crippen LogP contribution in [0.25, 0.3) is 0 Å². The maximum Gasteiger partial charge on any atom is 0.256 e. The van der Waals surface area contributed by atoms with E-state index in [1.54, 1.807) is 59.5 Å². The van der Waals surface area contributed by atoms with Crippen molar-refractivity contribution in [2.75, 3.05) is 30.0 Å². The number of rotatable bonds is 10. The highest BCUT2D eigenvalue weighted by molar-refractivity contribution is 7.80. The van der Waals surface area contributed by atoms with E-state index in [1.165, 1.54) is 4.90 Å². The van der Waals surface area contributed by atoms with Gasteiger partial charge < -0.3 is 19.7 Å². The third-order valence-electron chi connectivity index (χ3n) is 4.88. The van der Waals surface area contributed by atoms with E-state index in [4.69, 9.17) is 21.7 Å².